The Kier molecular flexibility index (Phi) is 3.65. The highest BCUT2D eigenvalue weighted by atomic mass is 16.5. The van der Waals surface area contributed by atoms with Gasteiger partial charge in [-0.1, -0.05) is 26.2 Å². The minimum Gasteiger partial charge on any atom is -0.508 e. The van der Waals surface area contributed by atoms with Gasteiger partial charge in [0.2, 0.25) is 0 Å². The van der Waals surface area contributed by atoms with Crippen molar-refractivity contribution < 1.29 is 9.84 Å². The van der Waals surface area contributed by atoms with Crippen LogP contribution in [0.3, 0.4) is 0 Å². The van der Waals surface area contributed by atoms with Crippen molar-refractivity contribution in [2.45, 2.75) is 38.6 Å². The summed E-state index contributed by atoms with van der Waals surface area (Å²) in [6.45, 7) is 4.14. The van der Waals surface area contributed by atoms with Crippen LogP contribution in [-0.2, 0) is 0 Å². The van der Waals surface area contributed by atoms with Crippen LogP contribution in [0.1, 0.15) is 44.2 Å². The van der Waals surface area contributed by atoms with Crippen molar-refractivity contribution in [2.24, 2.45) is 11.8 Å². The number of hydrogen-bond acceptors (Lipinski definition) is 3. The Morgan fingerprint density at radius 3 is 3.00 bits per heavy atom. The third kappa shape index (κ3) is 2.71. The van der Waals surface area contributed by atoms with E-state index in [0.717, 1.165) is 24.1 Å². The first-order chi connectivity index (χ1) is 9.24. The molecular weight excluding hydrogens is 238 g/mol. The molecule has 3 nitrogen and oxygen atoms in total. The van der Waals surface area contributed by atoms with Crippen LogP contribution in [-0.4, -0.2) is 18.3 Å². The van der Waals surface area contributed by atoms with Gasteiger partial charge in [0.25, 0.3) is 0 Å². The highest BCUT2D eigenvalue weighted by Gasteiger charge is 2.27. The van der Waals surface area contributed by atoms with Gasteiger partial charge in [-0.25, -0.2) is 0 Å². The molecule has 1 aromatic carbocycles. The monoisotopic (exact) mass is 261 g/mol. The molecule has 1 heterocycles. The third-order valence-corrected chi connectivity index (χ3v) is 4.69. The second-order valence-electron chi connectivity index (χ2n) is 6.02. The van der Waals surface area contributed by atoms with Crippen molar-refractivity contribution in [3.63, 3.8) is 0 Å². The fourth-order valence-electron chi connectivity index (χ4n) is 3.36. The smallest absolute Gasteiger partial charge is 0.127 e. The van der Waals surface area contributed by atoms with Gasteiger partial charge in [0, 0.05) is 11.6 Å². The van der Waals surface area contributed by atoms with E-state index in [1.165, 1.54) is 31.2 Å². The van der Waals surface area contributed by atoms with E-state index in [2.05, 4.69) is 12.2 Å². The van der Waals surface area contributed by atoms with E-state index >= 15 is 0 Å². The normalized spacial score (nSPS) is 29.8. The van der Waals surface area contributed by atoms with Gasteiger partial charge in [0.05, 0.1) is 6.04 Å². The maximum atomic E-state index is 9.45. The Morgan fingerprint density at radius 2 is 2.16 bits per heavy atom. The van der Waals surface area contributed by atoms with Gasteiger partial charge in [0.15, 0.2) is 0 Å². The average molecular weight is 261 g/mol. The number of phenolic OH excluding ortho intramolecular Hbond substituents is 1. The van der Waals surface area contributed by atoms with E-state index < -0.39 is 0 Å². The molecule has 0 radical (unpaired) electrons. The lowest BCUT2D eigenvalue weighted by Gasteiger charge is -2.29. The molecule has 1 aromatic rings. The first-order valence-electron chi connectivity index (χ1n) is 7.43. The summed E-state index contributed by atoms with van der Waals surface area (Å²) in [6.07, 6.45) is 5.50. The predicted octanol–water partition coefficient (Wildman–Crippen LogP) is 3.24. The summed E-state index contributed by atoms with van der Waals surface area (Å²) in [7, 11) is 0. The lowest BCUT2D eigenvalue weighted by atomic mass is 9.80. The molecule has 0 amide bonds. The van der Waals surface area contributed by atoms with Crippen LogP contribution >= 0.6 is 0 Å². The molecule has 0 spiro atoms. The van der Waals surface area contributed by atoms with E-state index in [1.54, 1.807) is 12.1 Å². The van der Waals surface area contributed by atoms with Gasteiger partial charge in [0.1, 0.15) is 18.1 Å². The fourth-order valence-corrected chi connectivity index (χ4v) is 3.36. The number of benzene rings is 1. The maximum Gasteiger partial charge on any atom is 0.127 e. The number of hydrogen-bond donors (Lipinski definition) is 2. The molecule has 0 saturated heterocycles. The Balaban J connectivity index is 1.60. The van der Waals surface area contributed by atoms with Crippen LogP contribution in [0, 0.1) is 11.8 Å². The van der Waals surface area contributed by atoms with Gasteiger partial charge in [-0.3, -0.25) is 0 Å². The van der Waals surface area contributed by atoms with Gasteiger partial charge in [-0.05, 0) is 36.9 Å². The molecule has 0 bridgehead atoms. The summed E-state index contributed by atoms with van der Waals surface area (Å²) in [5.74, 6) is 2.74. The predicted molar refractivity (Wildman–Crippen MR) is 75.5 cm³/mol. The zero-order chi connectivity index (χ0) is 13.2. The minimum atomic E-state index is 0.278. The highest BCUT2D eigenvalue weighted by Crippen LogP contribution is 2.35. The van der Waals surface area contributed by atoms with Crippen LogP contribution in [0.25, 0.3) is 0 Å². The van der Waals surface area contributed by atoms with Crippen molar-refractivity contribution in [1.82, 2.24) is 5.32 Å². The number of ether oxygens (including phenoxy) is 1. The zero-order valence-electron chi connectivity index (χ0n) is 11.6. The van der Waals surface area contributed by atoms with Gasteiger partial charge >= 0.3 is 0 Å². The van der Waals surface area contributed by atoms with Crippen LogP contribution < -0.4 is 10.1 Å². The molecule has 2 aliphatic rings. The number of rotatable bonds is 3. The van der Waals surface area contributed by atoms with Crippen molar-refractivity contribution in [3.8, 4) is 11.5 Å². The molecule has 3 atom stereocenters. The molecule has 0 aromatic heterocycles. The lowest BCUT2D eigenvalue weighted by Crippen LogP contribution is -2.32. The Bertz CT molecular complexity index is 446. The summed E-state index contributed by atoms with van der Waals surface area (Å²) in [5, 5.41) is 13.1. The average Bonchev–Trinajstić information content (AvgIpc) is 2.80. The molecule has 1 aliphatic carbocycles. The highest BCUT2D eigenvalue weighted by molar-refractivity contribution is 5.44. The molecule has 3 heteroatoms. The third-order valence-electron chi connectivity index (χ3n) is 4.69. The fraction of sp³-hybridized carbons (Fsp3) is 0.625. The van der Waals surface area contributed by atoms with Crippen molar-refractivity contribution in [2.75, 3.05) is 13.2 Å². The minimum absolute atomic E-state index is 0.278. The van der Waals surface area contributed by atoms with E-state index in [9.17, 15) is 5.11 Å². The largest absolute Gasteiger partial charge is 0.508 e. The number of phenols is 1. The number of nitrogens with one attached hydrogen (secondary N) is 1. The molecule has 1 aliphatic heterocycles. The summed E-state index contributed by atoms with van der Waals surface area (Å²) < 4.78 is 5.64. The van der Waals surface area contributed by atoms with Crippen molar-refractivity contribution in [1.29, 1.82) is 0 Å². The Morgan fingerprint density at radius 1 is 1.32 bits per heavy atom. The first-order valence-corrected chi connectivity index (χ1v) is 7.43. The number of fused-ring (bicyclic) bond motifs is 1. The number of aromatic hydroxyl groups is 1. The SMILES string of the molecule is CC1CCCCC1CNC1COc2cc(O)ccc21. The molecule has 104 valence electrons. The Hall–Kier alpha value is -1.22. The van der Waals surface area contributed by atoms with Crippen molar-refractivity contribution >= 4 is 0 Å². The molecule has 3 rings (SSSR count). The molecule has 19 heavy (non-hydrogen) atoms. The van der Waals surface area contributed by atoms with E-state index in [0.29, 0.717) is 6.61 Å². The molecule has 1 fully saturated rings. The van der Waals surface area contributed by atoms with Crippen LogP contribution in [0.4, 0.5) is 0 Å². The van der Waals surface area contributed by atoms with Crippen LogP contribution in [0.15, 0.2) is 18.2 Å². The quantitative estimate of drug-likeness (QED) is 0.877. The zero-order valence-corrected chi connectivity index (χ0v) is 11.6. The molecule has 3 unspecified atom stereocenters. The van der Waals surface area contributed by atoms with E-state index in [1.807, 2.05) is 6.07 Å². The molecular formula is C16H23NO2. The van der Waals surface area contributed by atoms with Gasteiger partial charge in [-0.15, -0.1) is 0 Å². The van der Waals surface area contributed by atoms with Gasteiger partial charge < -0.3 is 15.2 Å². The Labute approximate surface area is 115 Å². The lowest BCUT2D eigenvalue weighted by molar-refractivity contribution is 0.231. The van der Waals surface area contributed by atoms with Crippen LogP contribution in [0.5, 0.6) is 11.5 Å². The van der Waals surface area contributed by atoms with Crippen LogP contribution in [0.2, 0.25) is 0 Å². The molecule has 1 saturated carbocycles. The first kappa shape index (κ1) is 12.8. The standard InChI is InChI=1S/C16H23NO2/c1-11-4-2-3-5-12(11)9-17-15-10-19-16-8-13(18)6-7-14(15)16/h6-8,11-12,15,17-18H,2-5,9-10H2,1H3. The van der Waals surface area contributed by atoms with E-state index in [4.69, 9.17) is 4.74 Å². The topological polar surface area (TPSA) is 41.5 Å². The summed E-state index contributed by atoms with van der Waals surface area (Å²) in [5.41, 5.74) is 1.18. The second-order valence-corrected chi connectivity index (χ2v) is 6.02. The van der Waals surface area contributed by atoms with Crippen molar-refractivity contribution in [3.05, 3.63) is 23.8 Å². The summed E-state index contributed by atoms with van der Waals surface area (Å²) in [6, 6.07) is 5.70. The summed E-state index contributed by atoms with van der Waals surface area (Å²) in [4.78, 5) is 0. The maximum absolute atomic E-state index is 9.45. The van der Waals surface area contributed by atoms with E-state index in [-0.39, 0.29) is 11.8 Å². The van der Waals surface area contributed by atoms with Gasteiger partial charge in [-0.2, -0.15) is 0 Å². The second kappa shape index (κ2) is 5.41. The summed E-state index contributed by atoms with van der Waals surface area (Å²) >= 11 is 0. The molecule has 2 N–H and O–H groups in total.